The molecule has 21 heavy (non-hydrogen) atoms. The Morgan fingerprint density at radius 3 is 2.62 bits per heavy atom. The lowest BCUT2D eigenvalue weighted by molar-refractivity contribution is 0.149. The second kappa shape index (κ2) is 7.90. The second-order valence-corrected chi connectivity index (χ2v) is 5.21. The number of aliphatic hydroxyl groups excluding tert-OH is 1. The van der Waals surface area contributed by atoms with E-state index in [0.29, 0.717) is 18.3 Å². The van der Waals surface area contributed by atoms with Gasteiger partial charge in [-0.3, -0.25) is 4.90 Å². The topological polar surface area (TPSA) is 62.4 Å². The fraction of sp³-hybridized carbons (Fsp3) is 0.500. The molecule has 1 N–H and O–H groups in total. The van der Waals surface area contributed by atoms with E-state index in [1.165, 1.54) is 5.56 Å². The number of benzene rings is 1. The Hall–Kier alpha value is -1.72. The lowest BCUT2D eigenvalue weighted by atomic mass is 10.1. The molecule has 1 aromatic carbocycles. The van der Waals surface area contributed by atoms with Crippen LogP contribution in [0.1, 0.15) is 37.5 Å². The molecule has 0 bridgehead atoms. The Balaban J connectivity index is 2.07. The zero-order chi connectivity index (χ0) is 15.1. The molecule has 0 amide bonds. The summed E-state index contributed by atoms with van der Waals surface area (Å²) >= 11 is 0. The van der Waals surface area contributed by atoms with Crippen LogP contribution in [0.25, 0.3) is 0 Å². The molecule has 5 heteroatoms. The van der Waals surface area contributed by atoms with E-state index in [-0.39, 0.29) is 12.6 Å². The van der Waals surface area contributed by atoms with E-state index >= 15 is 0 Å². The third kappa shape index (κ3) is 4.65. The highest BCUT2D eigenvalue weighted by atomic mass is 16.5. The largest absolute Gasteiger partial charge is 0.396 e. The van der Waals surface area contributed by atoms with Crippen LogP contribution in [0.15, 0.2) is 34.9 Å². The maximum Gasteiger partial charge on any atom is 0.226 e. The molecule has 0 aliphatic heterocycles. The van der Waals surface area contributed by atoms with Crippen molar-refractivity contribution in [2.24, 2.45) is 0 Å². The minimum absolute atomic E-state index is 0.179. The summed E-state index contributed by atoms with van der Waals surface area (Å²) in [6.45, 7) is 5.71. The van der Waals surface area contributed by atoms with Gasteiger partial charge >= 0.3 is 0 Å². The molecule has 1 unspecified atom stereocenters. The molecule has 0 aliphatic rings. The quantitative estimate of drug-likeness (QED) is 0.808. The molecule has 0 radical (unpaired) electrons. The Morgan fingerprint density at radius 1 is 1.24 bits per heavy atom. The highest BCUT2D eigenvalue weighted by Crippen LogP contribution is 2.14. The van der Waals surface area contributed by atoms with Gasteiger partial charge in [-0.25, -0.2) is 0 Å². The number of rotatable bonds is 8. The fourth-order valence-electron chi connectivity index (χ4n) is 2.23. The van der Waals surface area contributed by atoms with Gasteiger partial charge in [-0.2, -0.15) is 4.98 Å². The number of aliphatic hydroxyl groups is 1. The molecule has 2 rings (SSSR count). The Labute approximate surface area is 125 Å². The average Bonchev–Trinajstić information content (AvgIpc) is 2.95. The van der Waals surface area contributed by atoms with Gasteiger partial charge in [0.15, 0.2) is 5.82 Å². The maximum absolute atomic E-state index is 9.18. The average molecular weight is 289 g/mol. The normalized spacial score (nSPS) is 12.8. The van der Waals surface area contributed by atoms with Crippen molar-refractivity contribution in [3.63, 3.8) is 0 Å². The van der Waals surface area contributed by atoms with E-state index in [9.17, 15) is 5.11 Å². The molecule has 2 aromatic rings. The van der Waals surface area contributed by atoms with E-state index < -0.39 is 0 Å². The Kier molecular flexibility index (Phi) is 5.90. The predicted octanol–water partition coefficient (Wildman–Crippen LogP) is 2.41. The van der Waals surface area contributed by atoms with Crippen LogP contribution >= 0.6 is 0 Å². The van der Waals surface area contributed by atoms with E-state index in [1.807, 2.05) is 25.1 Å². The van der Waals surface area contributed by atoms with Gasteiger partial charge in [-0.15, -0.1) is 0 Å². The van der Waals surface area contributed by atoms with E-state index in [0.717, 1.165) is 19.4 Å². The molecule has 0 spiro atoms. The van der Waals surface area contributed by atoms with Gasteiger partial charge in [-0.05, 0) is 18.9 Å². The molecule has 5 nitrogen and oxygen atoms in total. The van der Waals surface area contributed by atoms with Gasteiger partial charge in [0.1, 0.15) is 0 Å². The van der Waals surface area contributed by atoms with Crippen LogP contribution in [-0.4, -0.2) is 32.8 Å². The maximum atomic E-state index is 9.18. The van der Waals surface area contributed by atoms with Crippen molar-refractivity contribution in [3.05, 3.63) is 47.6 Å². The van der Waals surface area contributed by atoms with Gasteiger partial charge in [0.05, 0.1) is 6.54 Å². The zero-order valence-electron chi connectivity index (χ0n) is 12.7. The Morgan fingerprint density at radius 2 is 2.00 bits per heavy atom. The SMILES string of the molecule is CCc1nc(CN(Cc2ccccc2)C(C)CCO)no1. The lowest BCUT2D eigenvalue weighted by Crippen LogP contribution is -2.33. The van der Waals surface area contributed by atoms with Gasteiger partial charge in [0.2, 0.25) is 5.89 Å². The summed E-state index contributed by atoms with van der Waals surface area (Å²) < 4.78 is 5.17. The van der Waals surface area contributed by atoms with Crippen molar-refractivity contribution >= 4 is 0 Å². The van der Waals surface area contributed by atoms with Gasteiger partial charge < -0.3 is 9.63 Å². The van der Waals surface area contributed by atoms with Crippen molar-refractivity contribution in [3.8, 4) is 0 Å². The molecule has 1 heterocycles. The monoisotopic (exact) mass is 289 g/mol. The smallest absolute Gasteiger partial charge is 0.226 e. The van der Waals surface area contributed by atoms with Crippen molar-refractivity contribution in [2.75, 3.05) is 6.61 Å². The molecule has 114 valence electrons. The van der Waals surface area contributed by atoms with Crippen LogP contribution in [0.5, 0.6) is 0 Å². The van der Waals surface area contributed by atoms with Crippen LogP contribution in [0, 0.1) is 0 Å². The molecule has 0 saturated carbocycles. The highest BCUT2D eigenvalue weighted by molar-refractivity contribution is 5.14. The van der Waals surface area contributed by atoms with Crippen LogP contribution in [-0.2, 0) is 19.5 Å². The van der Waals surface area contributed by atoms with Crippen LogP contribution in [0.4, 0.5) is 0 Å². The fourth-order valence-corrected chi connectivity index (χ4v) is 2.23. The van der Waals surface area contributed by atoms with E-state index in [1.54, 1.807) is 0 Å². The first-order valence-electron chi connectivity index (χ1n) is 7.43. The Bertz CT molecular complexity index is 527. The van der Waals surface area contributed by atoms with Crippen LogP contribution in [0.3, 0.4) is 0 Å². The second-order valence-electron chi connectivity index (χ2n) is 5.21. The molecule has 1 atom stereocenters. The third-order valence-corrected chi connectivity index (χ3v) is 3.56. The molecule has 0 saturated heterocycles. The van der Waals surface area contributed by atoms with Crippen molar-refractivity contribution in [1.29, 1.82) is 0 Å². The van der Waals surface area contributed by atoms with Crippen LogP contribution < -0.4 is 0 Å². The molecule has 1 aromatic heterocycles. The van der Waals surface area contributed by atoms with E-state index in [2.05, 4.69) is 34.1 Å². The van der Waals surface area contributed by atoms with Gasteiger partial charge in [0.25, 0.3) is 0 Å². The third-order valence-electron chi connectivity index (χ3n) is 3.56. The predicted molar refractivity (Wildman–Crippen MR) is 80.5 cm³/mol. The highest BCUT2D eigenvalue weighted by Gasteiger charge is 2.17. The number of aromatic nitrogens is 2. The lowest BCUT2D eigenvalue weighted by Gasteiger charge is -2.27. The standard InChI is InChI=1S/C16H23N3O2/c1-3-16-17-15(18-21-16)12-19(13(2)9-10-20)11-14-7-5-4-6-8-14/h4-8,13,20H,3,9-12H2,1-2H3. The zero-order valence-corrected chi connectivity index (χ0v) is 12.7. The first kappa shape index (κ1) is 15.7. The molecule has 0 fully saturated rings. The van der Waals surface area contributed by atoms with Crippen LogP contribution in [0.2, 0.25) is 0 Å². The number of hydrogen-bond acceptors (Lipinski definition) is 5. The minimum atomic E-state index is 0.179. The van der Waals surface area contributed by atoms with Gasteiger partial charge in [-0.1, -0.05) is 42.4 Å². The number of nitrogens with zero attached hydrogens (tertiary/aromatic N) is 3. The summed E-state index contributed by atoms with van der Waals surface area (Å²) in [5.74, 6) is 1.37. The molecular formula is C16H23N3O2. The first-order chi connectivity index (χ1) is 10.2. The summed E-state index contributed by atoms with van der Waals surface area (Å²) in [6.07, 6.45) is 1.48. The molecular weight excluding hydrogens is 266 g/mol. The minimum Gasteiger partial charge on any atom is -0.396 e. The van der Waals surface area contributed by atoms with Gasteiger partial charge in [0, 0.05) is 25.6 Å². The van der Waals surface area contributed by atoms with E-state index in [4.69, 9.17) is 4.52 Å². The number of aryl methyl sites for hydroxylation is 1. The van der Waals surface area contributed by atoms with Crippen molar-refractivity contribution in [1.82, 2.24) is 15.0 Å². The summed E-state index contributed by atoms with van der Waals surface area (Å²) in [5.41, 5.74) is 1.24. The summed E-state index contributed by atoms with van der Waals surface area (Å²) in [6, 6.07) is 10.5. The van der Waals surface area contributed by atoms with Crippen molar-refractivity contribution in [2.45, 2.75) is 45.8 Å². The van der Waals surface area contributed by atoms with Crippen molar-refractivity contribution < 1.29 is 9.63 Å². The molecule has 0 aliphatic carbocycles. The first-order valence-corrected chi connectivity index (χ1v) is 7.43. The number of hydrogen-bond donors (Lipinski definition) is 1. The summed E-state index contributed by atoms with van der Waals surface area (Å²) in [5, 5.41) is 13.2. The summed E-state index contributed by atoms with van der Waals surface area (Å²) in [7, 11) is 0. The summed E-state index contributed by atoms with van der Waals surface area (Å²) in [4.78, 5) is 6.63.